The summed E-state index contributed by atoms with van der Waals surface area (Å²) >= 11 is 0. The van der Waals surface area contributed by atoms with Crippen LogP contribution in [-0.4, -0.2) is 33.0 Å². The Labute approximate surface area is 117 Å². The summed E-state index contributed by atoms with van der Waals surface area (Å²) < 4.78 is 7.50. The van der Waals surface area contributed by atoms with Crippen molar-refractivity contribution in [3.05, 3.63) is 11.9 Å². The van der Waals surface area contributed by atoms with Crippen molar-refractivity contribution in [1.29, 1.82) is 0 Å². The number of hydrogen-bond acceptors (Lipinski definition) is 5. The van der Waals surface area contributed by atoms with Gasteiger partial charge in [0.15, 0.2) is 17.0 Å². The van der Waals surface area contributed by atoms with Crippen LogP contribution < -0.4 is 5.73 Å². The zero-order chi connectivity index (χ0) is 13.7. The molecule has 1 saturated heterocycles. The molecule has 0 amide bonds. The van der Waals surface area contributed by atoms with Gasteiger partial charge < -0.3 is 10.5 Å². The minimum absolute atomic E-state index is 0.298. The van der Waals surface area contributed by atoms with Gasteiger partial charge in [-0.1, -0.05) is 6.92 Å². The van der Waals surface area contributed by atoms with Gasteiger partial charge in [0.25, 0.3) is 0 Å². The Morgan fingerprint density at radius 1 is 1.35 bits per heavy atom. The minimum atomic E-state index is 0.298. The lowest BCUT2D eigenvalue weighted by Gasteiger charge is -2.29. The van der Waals surface area contributed by atoms with Crippen molar-refractivity contribution in [3.8, 4) is 0 Å². The van der Waals surface area contributed by atoms with Crippen LogP contribution in [-0.2, 0) is 4.74 Å². The van der Waals surface area contributed by atoms with Gasteiger partial charge in [0.2, 0.25) is 0 Å². The highest BCUT2D eigenvalue weighted by molar-refractivity contribution is 5.82. The van der Waals surface area contributed by atoms with E-state index < -0.39 is 0 Å². The fourth-order valence-electron chi connectivity index (χ4n) is 2.98. The summed E-state index contributed by atoms with van der Waals surface area (Å²) in [6.45, 7) is 3.72. The molecule has 2 atom stereocenters. The maximum Gasteiger partial charge on any atom is 0.179 e. The molecule has 6 nitrogen and oxygen atoms in total. The third kappa shape index (κ3) is 1.86. The molecule has 0 spiro atoms. The fraction of sp³-hybridized carbons (Fsp3) is 0.643. The maximum atomic E-state index is 6.01. The smallest absolute Gasteiger partial charge is 0.179 e. The monoisotopic (exact) mass is 273 g/mol. The molecule has 3 heterocycles. The first-order valence-corrected chi connectivity index (χ1v) is 7.32. The topological polar surface area (TPSA) is 78.9 Å². The molecule has 6 heteroatoms. The second-order valence-electron chi connectivity index (χ2n) is 5.98. The Bertz CT molecular complexity index is 648. The number of nitrogen functional groups attached to an aromatic ring is 1. The van der Waals surface area contributed by atoms with Gasteiger partial charge in [-0.05, 0) is 19.3 Å². The summed E-state index contributed by atoms with van der Waals surface area (Å²) in [5.74, 6) is 1.48. The molecular weight excluding hydrogens is 254 g/mol. The number of aromatic nitrogens is 4. The van der Waals surface area contributed by atoms with Crippen LogP contribution in [0, 0.1) is 5.92 Å². The van der Waals surface area contributed by atoms with Crippen LogP contribution in [0.4, 0.5) is 5.82 Å². The minimum Gasteiger partial charge on any atom is -0.381 e. The van der Waals surface area contributed by atoms with Crippen molar-refractivity contribution in [2.45, 2.75) is 38.1 Å². The van der Waals surface area contributed by atoms with Crippen LogP contribution >= 0.6 is 0 Å². The largest absolute Gasteiger partial charge is 0.381 e. The highest BCUT2D eigenvalue weighted by Crippen LogP contribution is 2.39. The van der Waals surface area contributed by atoms with E-state index in [1.165, 1.54) is 12.8 Å². The molecule has 1 aliphatic heterocycles. The van der Waals surface area contributed by atoms with E-state index in [1.54, 1.807) is 0 Å². The van der Waals surface area contributed by atoms with Gasteiger partial charge in [-0.3, -0.25) is 0 Å². The van der Waals surface area contributed by atoms with E-state index in [0.717, 1.165) is 36.5 Å². The van der Waals surface area contributed by atoms with E-state index in [4.69, 9.17) is 15.5 Å². The van der Waals surface area contributed by atoms with E-state index in [0.29, 0.717) is 23.7 Å². The molecule has 2 aromatic rings. The van der Waals surface area contributed by atoms with Gasteiger partial charge in [0.05, 0.1) is 18.3 Å². The van der Waals surface area contributed by atoms with Gasteiger partial charge >= 0.3 is 0 Å². The van der Waals surface area contributed by atoms with Crippen molar-refractivity contribution in [3.63, 3.8) is 0 Å². The second-order valence-corrected chi connectivity index (χ2v) is 5.98. The summed E-state index contributed by atoms with van der Waals surface area (Å²) in [4.78, 5) is 9.27. The first kappa shape index (κ1) is 12.1. The number of rotatable bonds is 2. The molecule has 1 saturated carbocycles. The number of hydrogen-bond donors (Lipinski definition) is 1. The van der Waals surface area contributed by atoms with E-state index in [2.05, 4.69) is 17.0 Å². The molecule has 2 aromatic heterocycles. The number of ether oxygens (including phenoxy) is 1. The van der Waals surface area contributed by atoms with Gasteiger partial charge in [0, 0.05) is 24.6 Å². The predicted molar refractivity (Wildman–Crippen MR) is 75.3 cm³/mol. The number of anilines is 1. The van der Waals surface area contributed by atoms with Gasteiger partial charge in [-0.25, -0.2) is 14.6 Å². The average Bonchev–Trinajstić information content (AvgIpc) is 3.25. The molecule has 106 valence electrons. The zero-order valence-electron chi connectivity index (χ0n) is 11.6. The number of fused-ring (bicyclic) bond motifs is 1. The molecule has 0 bridgehead atoms. The molecule has 2 aliphatic rings. The van der Waals surface area contributed by atoms with Crippen LogP contribution in [0.1, 0.15) is 43.8 Å². The fourth-order valence-corrected chi connectivity index (χ4v) is 2.98. The predicted octanol–water partition coefficient (Wildman–Crippen LogP) is 1.88. The summed E-state index contributed by atoms with van der Waals surface area (Å²) in [5, 5.41) is 4.50. The van der Waals surface area contributed by atoms with Crippen LogP contribution in [0.25, 0.3) is 11.2 Å². The second kappa shape index (κ2) is 4.41. The first-order valence-electron chi connectivity index (χ1n) is 7.32. The van der Waals surface area contributed by atoms with Crippen molar-refractivity contribution in [2.75, 3.05) is 18.9 Å². The summed E-state index contributed by atoms with van der Waals surface area (Å²) in [6.07, 6.45) is 5.25. The number of nitrogens with two attached hydrogens (primary N) is 1. The Kier molecular flexibility index (Phi) is 2.66. The summed E-state index contributed by atoms with van der Waals surface area (Å²) in [5.41, 5.74) is 8.66. The Morgan fingerprint density at radius 2 is 2.20 bits per heavy atom. The van der Waals surface area contributed by atoms with E-state index in [-0.39, 0.29) is 0 Å². The van der Waals surface area contributed by atoms with E-state index in [9.17, 15) is 0 Å². The lowest BCUT2D eigenvalue weighted by atomic mass is 9.98. The standard InChI is InChI=1S/C14H19N5O/c1-8-7-20-5-4-11(8)19-14-12(13(15)18-19)16-6-10(17-14)9-2-3-9/h6,8-9,11H,2-5,7H2,1H3,(H2,15,18)/t8-,11-/m1/s1. The van der Waals surface area contributed by atoms with Crippen molar-refractivity contribution in [2.24, 2.45) is 5.92 Å². The number of nitrogens with zero attached hydrogens (tertiary/aromatic N) is 4. The summed E-state index contributed by atoms with van der Waals surface area (Å²) in [7, 11) is 0. The maximum absolute atomic E-state index is 6.01. The quantitative estimate of drug-likeness (QED) is 0.903. The van der Waals surface area contributed by atoms with Gasteiger partial charge in [-0.15, -0.1) is 0 Å². The third-order valence-corrected chi connectivity index (χ3v) is 4.35. The Hall–Kier alpha value is -1.69. The Balaban J connectivity index is 1.82. The van der Waals surface area contributed by atoms with E-state index >= 15 is 0 Å². The lowest BCUT2D eigenvalue weighted by molar-refractivity contribution is 0.0263. The molecule has 0 radical (unpaired) electrons. The molecule has 4 rings (SSSR count). The van der Waals surface area contributed by atoms with Crippen molar-refractivity contribution in [1.82, 2.24) is 19.7 Å². The highest BCUT2D eigenvalue weighted by Gasteiger charge is 2.30. The van der Waals surface area contributed by atoms with Crippen LogP contribution in [0.2, 0.25) is 0 Å². The highest BCUT2D eigenvalue weighted by atomic mass is 16.5. The lowest BCUT2D eigenvalue weighted by Crippen LogP contribution is -2.28. The normalized spacial score (nSPS) is 27.1. The molecule has 20 heavy (non-hydrogen) atoms. The Morgan fingerprint density at radius 3 is 2.95 bits per heavy atom. The molecule has 2 N–H and O–H groups in total. The van der Waals surface area contributed by atoms with Crippen molar-refractivity contribution >= 4 is 17.0 Å². The SMILES string of the molecule is C[C@@H]1COCC[C@H]1n1nc(N)c2ncc(C3CC3)nc21. The molecule has 0 unspecified atom stereocenters. The molecule has 1 aliphatic carbocycles. The molecule has 2 fully saturated rings. The van der Waals surface area contributed by atoms with Crippen LogP contribution in [0.3, 0.4) is 0 Å². The first-order chi connectivity index (χ1) is 9.74. The van der Waals surface area contributed by atoms with Crippen LogP contribution in [0.15, 0.2) is 6.20 Å². The van der Waals surface area contributed by atoms with Crippen molar-refractivity contribution < 1.29 is 4.74 Å². The molecular formula is C14H19N5O. The average molecular weight is 273 g/mol. The third-order valence-electron chi connectivity index (χ3n) is 4.35. The molecule has 0 aromatic carbocycles. The zero-order valence-corrected chi connectivity index (χ0v) is 11.6. The van der Waals surface area contributed by atoms with Gasteiger partial charge in [0.1, 0.15) is 0 Å². The van der Waals surface area contributed by atoms with Gasteiger partial charge in [-0.2, -0.15) is 5.10 Å². The van der Waals surface area contributed by atoms with Crippen LogP contribution in [0.5, 0.6) is 0 Å². The summed E-state index contributed by atoms with van der Waals surface area (Å²) in [6, 6.07) is 0.298. The van der Waals surface area contributed by atoms with E-state index in [1.807, 2.05) is 10.9 Å².